The molecule has 0 fully saturated rings. The van der Waals surface area contributed by atoms with Crippen LogP contribution in [0.25, 0.3) is 0 Å². The minimum Gasteiger partial charge on any atom is -0.459 e. The summed E-state index contributed by atoms with van der Waals surface area (Å²) in [7, 11) is -0.965. The summed E-state index contributed by atoms with van der Waals surface area (Å²) in [5.41, 5.74) is 2.97. The number of esters is 1. The predicted octanol–water partition coefficient (Wildman–Crippen LogP) is 10.00. The maximum atomic E-state index is 13.3. The van der Waals surface area contributed by atoms with Crippen molar-refractivity contribution in [1.29, 1.82) is 0 Å². The minimum atomic E-state index is -2.61. The zero-order chi connectivity index (χ0) is 41.1. The van der Waals surface area contributed by atoms with Crippen molar-refractivity contribution in [2.24, 2.45) is 23.7 Å². The molecule has 0 aromatic heterocycles. The summed E-state index contributed by atoms with van der Waals surface area (Å²) < 4.78 is 24.8. The van der Waals surface area contributed by atoms with Gasteiger partial charge in [-0.25, -0.2) is 4.79 Å². The van der Waals surface area contributed by atoms with Gasteiger partial charge in [-0.05, 0) is 102 Å². The Bertz CT molecular complexity index is 1540. The number of hydrogen-bond acceptors (Lipinski definition) is 8. The number of ether oxygens (including phenoxy) is 3. The first-order chi connectivity index (χ1) is 26.8. The lowest BCUT2D eigenvalue weighted by Gasteiger charge is -2.43. The molecule has 0 saturated carbocycles. The third kappa shape index (κ3) is 13.8. The van der Waals surface area contributed by atoms with Crippen molar-refractivity contribution >= 4 is 36.1 Å². The highest BCUT2D eigenvalue weighted by atomic mass is 28.4. The molecule has 0 bridgehead atoms. The molecule has 8 nitrogen and oxygen atoms in total. The third-order valence-electron chi connectivity index (χ3n) is 11.2. The zero-order valence-electron chi connectivity index (χ0n) is 35.3. The van der Waals surface area contributed by atoms with Crippen LogP contribution in [0.1, 0.15) is 110 Å². The number of rotatable bonds is 26. The van der Waals surface area contributed by atoms with Crippen molar-refractivity contribution in [3.63, 3.8) is 0 Å². The molecule has 0 aliphatic heterocycles. The molecule has 0 saturated heterocycles. The van der Waals surface area contributed by atoms with Crippen LogP contribution >= 0.6 is 0 Å². The Balaban J connectivity index is 1.58. The number of Topliss-reactive ketones (excluding diaryl/α,β-unsaturated/α-hetero) is 1. The van der Waals surface area contributed by atoms with E-state index < -0.39 is 14.3 Å². The first kappa shape index (κ1) is 46.8. The van der Waals surface area contributed by atoms with Gasteiger partial charge in [-0.3, -0.25) is 15.5 Å². The van der Waals surface area contributed by atoms with E-state index in [1.165, 1.54) is 10.4 Å². The molecule has 0 spiro atoms. The molecule has 56 heavy (non-hydrogen) atoms. The Morgan fingerprint density at radius 2 is 1.34 bits per heavy atom. The van der Waals surface area contributed by atoms with Gasteiger partial charge in [-0.1, -0.05) is 115 Å². The van der Waals surface area contributed by atoms with Gasteiger partial charge in [-0.15, -0.1) is 6.58 Å². The van der Waals surface area contributed by atoms with Gasteiger partial charge in [0.15, 0.2) is 0 Å². The number of hydrogen-bond donors (Lipinski definition) is 2. The van der Waals surface area contributed by atoms with Crippen molar-refractivity contribution in [2.75, 3.05) is 26.0 Å². The third-order valence-corrected chi connectivity index (χ3v) is 16.3. The van der Waals surface area contributed by atoms with Crippen molar-refractivity contribution in [3.8, 4) is 0 Å². The van der Waals surface area contributed by atoms with Crippen LogP contribution in [0.15, 0.2) is 97.6 Å². The summed E-state index contributed by atoms with van der Waals surface area (Å²) >= 11 is 0. The van der Waals surface area contributed by atoms with Gasteiger partial charge in [0.1, 0.15) is 18.7 Å². The number of carbonyl (C=O) groups excluding carboxylic acids is 2. The number of benzene rings is 3. The molecule has 0 aliphatic carbocycles. The van der Waals surface area contributed by atoms with Crippen LogP contribution in [0.2, 0.25) is 5.04 Å². The Labute approximate surface area is 338 Å². The number of methoxy groups -OCH3 is 1. The highest BCUT2D eigenvalue weighted by Crippen LogP contribution is 2.37. The highest BCUT2D eigenvalue weighted by Gasteiger charge is 2.50. The standard InChI is InChI=1S/C47H69NO7Si/c1-10-35(2)23-32-44(55-46(50)39-26-28-40(48-51)29-27-39)36(3)24-30-41(49)31-25-38(5)45(53-34-52-9)37(4)18-17-33-54-56(47(6,7)8,42-19-13-11-14-20-42)43-21-15-12-16-22-43/h10-16,19-22,26-29,35-38,44-45,48,51H,1,17-18,23-25,30-34H2,2-9H3/t35-,36-,37-,38+,44+,45+/m1/s1. The highest BCUT2D eigenvalue weighted by molar-refractivity contribution is 6.99. The van der Waals surface area contributed by atoms with Crippen molar-refractivity contribution < 1.29 is 33.4 Å². The Kier molecular flexibility index (Phi) is 19.7. The summed E-state index contributed by atoms with van der Waals surface area (Å²) in [6.45, 7) is 20.2. The molecule has 3 aromatic carbocycles. The molecule has 3 rings (SSSR count). The summed E-state index contributed by atoms with van der Waals surface area (Å²) in [4.78, 5) is 26.3. The number of carbonyl (C=O) groups is 2. The van der Waals surface area contributed by atoms with Crippen LogP contribution in [0.5, 0.6) is 0 Å². The second-order valence-electron chi connectivity index (χ2n) is 16.7. The number of anilines is 1. The van der Waals surface area contributed by atoms with E-state index in [1.54, 1.807) is 31.4 Å². The van der Waals surface area contributed by atoms with Gasteiger partial charge in [0, 0.05) is 26.6 Å². The quantitative estimate of drug-likeness (QED) is 0.0207. The number of ketones is 1. The van der Waals surface area contributed by atoms with E-state index in [2.05, 4.69) is 121 Å². The summed E-state index contributed by atoms with van der Waals surface area (Å²) in [5, 5.41) is 11.6. The Morgan fingerprint density at radius 3 is 1.86 bits per heavy atom. The Morgan fingerprint density at radius 1 is 0.786 bits per heavy atom. The minimum absolute atomic E-state index is 0.000362. The van der Waals surface area contributed by atoms with Crippen LogP contribution in [-0.2, 0) is 23.4 Å². The van der Waals surface area contributed by atoms with Gasteiger partial charge in [0.05, 0.1) is 17.4 Å². The van der Waals surface area contributed by atoms with E-state index in [1.807, 2.05) is 6.08 Å². The van der Waals surface area contributed by atoms with Crippen LogP contribution < -0.4 is 15.9 Å². The normalized spacial score (nSPS) is 15.2. The van der Waals surface area contributed by atoms with Crippen LogP contribution in [-0.4, -0.2) is 58.0 Å². The largest absolute Gasteiger partial charge is 0.459 e. The van der Waals surface area contributed by atoms with Crippen LogP contribution in [0.4, 0.5) is 5.69 Å². The van der Waals surface area contributed by atoms with Gasteiger partial charge in [-0.2, -0.15) is 0 Å². The van der Waals surface area contributed by atoms with E-state index in [4.69, 9.17) is 23.8 Å². The van der Waals surface area contributed by atoms with E-state index in [0.717, 1.165) is 25.7 Å². The molecule has 6 atom stereocenters. The van der Waals surface area contributed by atoms with Crippen molar-refractivity contribution in [3.05, 3.63) is 103 Å². The van der Waals surface area contributed by atoms with Crippen LogP contribution in [0.3, 0.4) is 0 Å². The average Bonchev–Trinajstić information content (AvgIpc) is 3.20. The molecule has 0 amide bonds. The van der Waals surface area contributed by atoms with Crippen LogP contribution in [0, 0.1) is 23.7 Å². The molecule has 0 aliphatic rings. The lowest BCUT2D eigenvalue weighted by atomic mass is 9.86. The molecule has 0 unspecified atom stereocenters. The van der Waals surface area contributed by atoms with E-state index in [-0.39, 0.29) is 53.5 Å². The lowest BCUT2D eigenvalue weighted by Crippen LogP contribution is -2.66. The molecule has 9 heteroatoms. The predicted molar refractivity (Wildman–Crippen MR) is 230 cm³/mol. The summed E-state index contributed by atoms with van der Waals surface area (Å²) in [5.74, 6) is 0.468. The van der Waals surface area contributed by atoms with E-state index in [9.17, 15) is 9.59 Å². The molecular formula is C47H69NO7Si. The molecule has 3 aromatic rings. The van der Waals surface area contributed by atoms with Gasteiger partial charge in [0.2, 0.25) is 0 Å². The maximum absolute atomic E-state index is 13.3. The zero-order valence-corrected chi connectivity index (χ0v) is 36.3. The molecule has 2 N–H and O–H groups in total. The second-order valence-corrected chi connectivity index (χ2v) is 21.0. The van der Waals surface area contributed by atoms with Gasteiger partial charge < -0.3 is 18.6 Å². The molecule has 308 valence electrons. The molecule has 0 radical (unpaired) electrons. The van der Waals surface area contributed by atoms with Crippen molar-refractivity contribution in [1.82, 2.24) is 0 Å². The average molecular weight is 788 g/mol. The maximum Gasteiger partial charge on any atom is 0.338 e. The fraction of sp³-hybridized carbons (Fsp3) is 0.532. The first-order valence-corrected chi connectivity index (χ1v) is 22.4. The van der Waals surface area contributed by atoms with E-state index >= 15 is 0 Å². The van der Waals surface area contributed by atoms with Gasteiger partial charge in [0.25, 0.3) is 8.32 Å². The summed E-state index contributed by atoms with van der Waals surface area (Å²) in [6.07, 6.45) is 7.09. The second kappa shape index (κ2) is 23.6. The van der Waals surface area contributed by atoms with Gasteiger partial charge >= 0.3 is 5.97 Å². The lowest BCUT2D eigenvalue weighted by molar-refractivity contribution is -0.122. The fourth-order valence-corrected chi connectivity index (χ4v) is 12.3. The SMILES string of the molecule is C=C[C@@H](C)CC[C@H](OC(=O)c1ccc(NO)cc1)[C@H](C)CCC(=O)CC[C@H](C)[C@@H](OCOC)[C@H](C)CCCO[Si](c1ccccc1)(c1ccccc1)C(C)(C)C. The smallest absolute Gasteiger partial charge is 0.338 e. The number of allylic oxidation sites excluding steroid dienone is 1. The fourth-order valence-electron chi connectivity index (χ4n) is 7.74. The molecular weight excluding hydrogens is 719 g/mol. The monoisotopic (exact) mass is 787 g/mol. The van der Waals surface area contributed by atoms with E-state index in [0.29, 0.717) is 43.5 Å². The first-order valence-electron chi connectivity index (χ1n) is 20.5. The number of nitrogens with one attached hydrogen (secondary N) is 1. The summed E-state index contributed by atoms with van der Waals surface area (Å²) in [6, 6.07) is 28.0. The van der Waals surface area contributed by atoms with Crippen molar-refractivity contribution in [2.45, 2.75) is 117 Å². The Hall–Kier alpha value is -3.60. The molecule has 0 heterocycles. The topological polar surface area (TPSA) is 103 Å².